The second-order valence-electron chi connectivity index (χ2n) is 5.42. The van der Waals surface area contributed by atoms with Gasteiger partial charge in [-0.05, 0) is 24.1 Å². The summed E-state index contributed by atoms with van der Waals surface area (Å²) in [5.74, 6) is 0. The van der Waals surface area contributed by atoms with Crippen LogP contribution in [0.1, 0.15) is 19.4 Å². The zero-order valence-corrected chi connectivity index (χ0v) is 13.9. The van der Waals surface area contributed by atoms with Crippen molar-refractivity contribution in [3.8, 4) is 0 Å². The van der Waals surface area contributed by atoms with Crippen LogP contribution < -0.4 is 0 Å². The molecular formula is C22H23N. The van der Waals surface area contributed by atoms with E-state index in [0.717, 1.165) is 13.0 Å². The van der Waals surface area contributed by atoms with E-state index in [1.54, 1.807) is 0 Å². The van der Waals surface area contributed by atoms with Crippen LogP contribution in [0.2, 0.25) is 0 Å². The molecule has 0 aliphatic carbocycles. The number of benzene rings is 3. The van der Waals surface area contributed by atoms with Gasteiger partial charge >= 0.3 is 0 Å². The topological polar surface area (TPSA) is 4.93 Å². The summed E-state index contributed by atoms with van der Waals surface area (Å²) in [6.45, 7) is 5.01. The van der Waals surface area contributed by atoms with E-state index in [4.69, 9.17) is 0 Å². The van der Waals surface area contributed by atoms with Gasteiger partial charge in [0, 0.05) is 28.4 Å². The van der Waals surface area contributed by atoms with Crippen LogP contribution in [-0.2, 0) is 13.0 Å². The molecule has 23 heavy (non-hydrogen) atoms. The Morgan fingerprint density at radius 1 is 0.609 bits per heavy atom. The van der Waals surface area contributed by atoms with Crippen molar-refractivity contribution in [2.24, 2.45) is 0 Å². The number of aromatic nitrogens is 1. The van der Waals surface area contributed by atoms with Crippen LogP contribution in [0, 0.1) is 0 Å². The van der Waals surface area contributed by atoms with Gasteiger partial charge in [-0.2, -0.15) is 0 Å². The van der Waals surface area contributed by atoms with E-state index in [2.05, 4.69) is 83.4 Å². The fourth-order valence-electron chi connectivity index (χ4n) is 3.13. The van der Waals surface area contributed by atoms with Crippen molar-refractivity contribution in [2.75, 3.05) is 0 Å². The Bertz CT molecular complexity index is 834. The minimum Gasteiger partial charge on any atom is -0.340 e. The normalized spacial score (nSPS) is 10.5. The predicted molar refractivity (Wildman–Crippen MR) is 101 cm³/mol. The molecular weight excluding hydrogens is 278 g/mol. The summed E-state index contributed by atoms with van der Waals surface area (Å²) in [6.07, 6.45) is 1.06. The Hall–Kier alpha value is -2.54. The third-order valence-corrected chi connectivity index (χ3v) is 4.15. The second-order valence-corrected chi connectivity index (χ2v) is 5.42. The largest absolute Gasteiger partial charge is 0.340 e. The lowest BCUT2D eigenvalue weighted by atomic mass is 10.1. The van der Waals surface area contributed by atoms with Gasteiger partial charge in [-0.1, -0.05) is 80.6 Å². The van der Waals surface area contributed by atoms with Gasteiger partial charge in [0.05, 0.1) is 0 Å². The molecule has 0 aliphatic rings. The first-order valence-electron chi connectivity index (χ1n) is 8.43. The van der Waals surface area contributed by atoms with E-state index >= 15 is 0 Å². The van der Waals surface area contributed by atoms with Crippen LogP contribution in [0.3, 0.4) is 0 Å². The molecule has 0 spiro atoms. The summed E-state index contributed by atoms with van der Waals surface area (Å²) in [5.41, 5.74) is 4.05. The molecule has 116 valence electrons. The Morgan fingerprint density at radius 2 is 1.09 bits per heavy atom. The minimum absolute atomic E-state index is 1.01. The number of aryl methyl sites for hydroxylation is 2. The molecule has 1 aromatic heterocycles. The summed E-state index contributed by atoms with van der Waals surface area (Å²) in [6, 6.07) is 28.1. The van der Waals surface area contributed by atoms with Crippen LogP contribution in [0.4, 0.5) is 0 Å². The Balaban J connectivity index is 0.000000753. The molecule has 0 aliphatic heterocycles. The number of para-hydroxylation sites is 2. The molecule has 0 radical (unpaired) electrons. The standard InChI is InChI=1S/C20H17N.C2H6/c1-2-8-16(9-3-1)14-15-21-19-12-6-4-10-17(19)18-11-5-7-13-20(18)21;1-2/h1-13H,14-15H2;1-2H3. The Morgan fingerprint density at radius 3 is 1.65 bits per heavy atom. The molecule has 1 nitrogen and oxygen atoms in total. The molecule has 0 saturated carbocycles. The third-order valence-electron chi connectivity index (χ3n) is 4.15. The summed E-state index contributed by atoms with van der Waals surface area (Å²) >= 11 is 0. The van der Waals surface area contributed by atoms with Gasteiger partial charge in [0.2, 0.25) is 0 Å². The number of nitrogens with zero attached hydrogens (tertiary/aromatic N) is 1. The van der Waals surface area contributed by atoms with Gasteiger partial charge < -0.3 is 4.57 Å². The maximum atomic E-state index is 2.44. The quantitative estimate of drug-likeness (QED) is 0.433. The van der Waals surface area contributed by atoms with Gasteiger partial charge in [-0.25, -0.2) is 0 Å². The number of hydrogen-bond donors (Lipinski definition) is 0. The van der Waals surface area contributed by atoms with Crippen molar-refractivity contribution in [3.05, 3.63) is 84.4 Å². The van der Waals surface area contributed by atoms with E-state index in [1.807, 2.05) is 13.8 Å². The van der Waals surface area contributed by atoms with Crippen molar-refractivity contribution < 1.29 is 0 Å². The minimum atomic E-state index is 1.01. The lowest BCUT2D eigenvalue weighted by Gasteiger charge is -2.07. The van der Waals surface area contributed by atoms with Gasteiger partial charge in [0.1, 0.15) is 0 Å². The van der Waals surface area contributed by atoms with Gasteiger partial charge in [-0.3, -0.25) is 0 Å². The average molecular weight is 301 g/mol. The highest BCUT2D eigenvalue weighted by atomic mass is 15.0. The number of rotatable bonds is 3. The molecule has 0 atom stereocenters. The van der Waals surface area contributed by atoms with Gasteiger partial charge in [-0.15, -0.1) is 0 Å². The summed E-state index contributed by atoms with van der Waals surface area (Å²) in [7, 11) is 0. The lowest BCUT2D eigenvalue weighted by molar-refractivity contribution is 0.745. The van der Waals surface area contributed by atoms with Crippen LogP contribution >= 0.6 is 0 Å². The van der Waals surface area contributed by atoms with Crippen LogP contribution in [0.15, 0.2) is 78.9 Å². The fraction of sp³-hybridized carbons (Fsp3) is 0.182. The Labute approximate surface area is 138 Å². The molecule has 4 aromatic rings. The summed E-state index contributed by atoms with van der Waals surface area (Å²) in [4.78, 5) is 0. The molecule has 0 unspecified atom stereocenters. The first kappa shape index (κ1) is 15.4. The van der Waals surface area contributed by atoms with Crippen molar-refractivity contribution in [2.45, 2.75) is 26.8 Å². The van der Waals surface area contributed by atoms with Crippen LogP contribution in [0.25, 0.3) is 21.8 Å². The second kappa shape index (κ2) is 7.15. The van der Waals surface area contributed by atoms with Gasteiger partial charge in [0.15, 0.2) is 0 Å². The van der Waals surface area contributed by atoms with E-state index in [0.29, 0.717) is 0 Å². The van der Waals surface area contributed by atoms with Crippen LogP contribution in [0.5, 0.6) is 0 Å². The van der Waals surface area contributed by atoms with Crippen molar-refractivity contribution in [3.63, 3.8) is 0 Å². The van der Waals surface area contributed by atoms with E-state index < -0.39 is 0 Å². The first-order chi connectivity index (χ1) is 11.4. The third kappa shape index (κ3) is 3.00. The van der Waals surface area contributed by atoms with Crippen molar-refractivity contribution in [1.29, 1.82) is 0 Å². The zero-order chi connectivity index (χ0) is 16.1. The van der Waals surface area contributed by atoms with Crippen LogP contribution in [-0.4, -0.2) is 4.57 Å². The SMILES string of the molecule is CC.c1ccc(CCn2c3ccccc3c3ccccc32)cc1. The maximum absolute atomic E-state index is 2.44. The first-order valence-corrected chi connectivity index (χ1v) is 8.43. The van der Waals surface area contributed by atoms with Crippen molar-refractivity contribution >= 4 is 21.8 Å². The van der Waals surface area contributed by atoms with Crippen molar-refractivity contribution in [1.82, 2.24) is 4.57 Å². The molecule has 4 rings (SSSR count). The molecule has 3 aromatic carbocycles. The summed E-state index contributed by atoms with van der Waals surface area (Å²) < 4.78 is 2.44. The molecule has 1 heteroatoms. The number of fused-ring (bicyclic) bond motifs is 3. The highest BCUT2D eigenvalue weighted by molar-refractivity contribution is 6.07. The summed E-state index contributed by atoms with van der Waals surface area (Å²) in [5, 5.41) is 2.70. The molecule has 0 fully saturated rings. The lowest BCUT2D eigenvalue weighted by Crippen LogP contribution is -2.00. The van der Waals surface area contributed by atoms with E-state index in [-0.39, 0.29) is 0 Å². The van der Waals surface area contributed by atoms with E-state index in [9.17, 15) is 0 Å². The molecule has 0 saturated heterocycles. The maximum Gasteiger partial charge on any atom is 0.0491 e. The molecule has 0 N–H and O–H groups in total. The predicted octanol–water partition coefficient (Wildman–Crippen LogP) is 6.06. The molecule has 0 bridgehead atoms. The number of hydrogen-bond acceptors (Lipinski definition) is 0. The average Bonchev–Trinajstić information content (AvgIpc) is 2.97. The Kier molecular flexibility index (Phi) is 4.77. The fourth-order valence-corrected chi connectivity index (χ4v) is 3.13. The molecule has 0 amide bonds. The highest BCUT2D eigenvalue weighted by Crippen LogP contribution is 2.28. The highest BCUT2D eigenvalue weighted by Gasteiger charge is 2.09. The van der Waals surface area contributed by atoms with Gasteiger partial charge in [0.25, 0.3) is 0 Å². The van der Waals surface area contributed by atoms with E-state index in [1.165, 1.54) is 27.4 Å². The molecule has 1 heterocycles. The zero-order valence-electron chi connectivity index (χ0n) is 13.9. The monoisotopic (exact) mass is 301 g/mol. The smallest absolute Gasteiger partial charge is 0.0491 e.